The smallest absolute Gasteiger partial charge is 0.129 e. The Bertz CT molecular complexity index is 604. The van der Waals surface area contributed by atoms with E-state index in [1.165, 1.54) is 12.1 Å². The van der Waals surface area contributed by atoms with Crippen molar-refractivity contribution in [3.05, 3.63) is 36.1 Å². The van der Waals surface area contributed by atoms with Gasteiger partial charge in [-0.3, -0.25) is 4.90 Å². The van der Waals surface area contributed by atoms with Crippen LogP contribution in [0.3, 0.4) is 0 Å². The Morgan fingerprint density at radius 1 is 1.05 bits per heavy atom. The zero-order chi connectivity index (χ0) is 14.1. The van der Waals surface area contributed by atoms with Crippen LogP contribution in [-0.2, 0) is 0 Å². The standard InChI is InChI=1S/C16H20FN3/c1-12(2)19-7-9-20(10-8-19)16-6-3-13-11-14(17)4-5-15(13)18-16/h3-6,11-12H,7-10H2,1-2H3. The first-order chi connectivity index (χ1) is 9.63. The summed E-state index contributed by atoms with van der Waals surface area (Å²) in [6.45, 7) is 8.61. The lowest BCUT2D eigenvalue weighted by Gasteiger charge is -2.37. The molecule has 0 unspecified atom stereocenters. The molecular formula is C16H20FN3. The van der Waals surface area contributed by atoms with Gasteiger partial charge in [0.25, 0.3) is 0 Å². The summed E-state index contributed by atoms with van der Waals surface area (Å²) in [5.74, 6) is 0.783. The second-order valence-corrected chi connectivity index (χ2v) is 5.62. The Balaban J connectivity index is 1.79. The molecule has 4 heteroatoms. The summed E-state index contributed by atoms with van der Waals surface area (Å²) < 4.78 is 13.2. The second-order valence-electron chi connectivity index (χ2n) is 5.62. The molecule has 1 saturated heterocycles. The van der Waals surface area contributed by atoms with Gasteiger partial charge in [0.05, 0.1) is 5.52 Å². The molecule has 0 amide bonds. The lowest BCUT2D eigenvalue weighted by molar-refractivity contribution is 0.209. The van der Waals surface area contributed by atoms with E-state index in [1.807, 2.05) is 12.1 Å². The van der Waals surface area contributed by atoms with E-state index in [4.69, 9.17) is 0 Å². The van der Waals surface area contributed by atoms with Crippen molar-refractivity contribution in [3.8, 4) is 0 Å². The van der Waals surface area contributed by atoms with Gasteiger partial charge in [-0.2, -0.15) is 0 Å². The van der Waals surface area contributed by atoms with Crippen LogP contribution in [0.1, 0.15) is 13.8 Å². The van der Waals surface area contributed by atoms with Gasteiger partial charge in [-0.15, -0.1) is 0 Å². The summed E-state index contributed by atoms with van der Waals surface area (Å²) >= 11 is 0. The second kappa shape index (κ2) is 5.37. The highest BCUT2D eigenvalue weighted by Crippen LogP contribution is 2.20. The maximum atomic E-state index is 13.2. The molecule has 0 bridgehead atoms. The number of benzene rings is 1. The Labute approximate surface area is 119 Å². The Morgan fingerprint density at radius 2 is 1.80 bits per heavy atom. The maximum Gasteiger partial charge on any atom is 0.129 e. The number of halogens is 1. The van der Waals surface area contributed by atoms with Gasteiger partial charge in [0, 0.05) is 37.6 Å². The van der Waals surface area contributed by atoms with Crippen molar-refractivity contribution in [1.29, 1.82) is 0 Å². The third kappa shape index (κ3) is 2.61. The van der Waals surface area contributed by atoms with Gasteiger partial charge in [-0.1, -0.05) is 0 Å². The van der Waals surface area contributed by atoms with Crippen molar-refractivity contribution in [3.63, 3.8) is 0 Å². The first-order valence-corrected chi connectivity index (χ1v) is 7.19. The van der Waals surface area contributed by atoms with E-state index in [2.05, 4.69) is 28.6 Å². The van der Waals surface area contributed by atoms with Crippen LogP contribution in [0.25, 0.3) is 10.9 Å². The van der Waals surface area contributed by atoms with Crippen molar-refractivity contribution >= 4 is 16.7 Å². The number of hydrogen-bond acceptors (Lipinski definition) is 3. The van der Waals surface area contributed by atoms with E-state index in [1.54, 1.807) is 6.07 Å². The summed E-state index contributed by atoms with van der Waals surface area (Å²) in [6.07, 6.45) is 0. The van der Waals surface area contributed by atoms with Crippen LogP contribution in [0.2, 0.25) is 0 Å². The molecule has 20 heavy (non-hydrogen) atoms. The number of piperazine rings is 1. The maximum absolute atomic E-state index is 13.2. The van der Waals surface area contributed by atoms with Gasteiger partial charge in [0.1, 0.15) is 11.6 Å². The molecule has 2 heterocycles. The molecule has 1 aliphatic heterocycles. The Hall–Kier alpha value is -1.68. The third-order valence-electron chi connectivity index (χ3n) is 4.01. The average molecular weight is 273 g/mol. The SMILES string of the molecule is CC(C)N1CCN(c2ccc3cc(F)ccc3n2)CC1. The van der Waals surface area contributed by atoms with E-state index in [0.717, 1.165) is 42.9 Å². The van der Waals surface area contributed by atoms with Gasteiger partial charge in [0.15, 0.2) is 0 Å². The largest absolute Gasteiger partial charge is 0.354 e. The average Bonchev–Trinajstić information content (AvgIpc) is 2.47. The fraction of sp³-hybridized carbons (Fsp3) is 0.438. The van der Waals surface area contributed by atoms with Gasteiger partial charge >= 0.3 is 0 Å². The quantitative estimate of drug-likeness (QED) is 0.838. The van der Waals surface area contributed by atoms with Gasteiger partial charge in [0.2, 0.25) is 0 Å². The normalized spacial score (nSPS) is 17.1. The summed E-state index contributed by atoms with van der Waals surface area (Å²) in [5, 5.41) is 0.856. The number of pyridine rings is 1. The Morgan fingerprint density at radius 3 is 2.50 bits per heavy atom. The fourth-order valence-electron chi connectivity index (χ4n) is 2.73. The van der Waals surface area contributed by atoms with Crippen LogP contribution in [0, 0.1) is 5.82 Å². The molecule has 1 aromatic heterocycles. The molecule has 0 saturated carbocycles. The predicted molar refractivity (Wildman–Crippen MR) is 80.6 cm³/mol. The molecule has 3 nitrogen and oxygen atoms in total. The highest BCUT2D eigenvalue weighted by atomic mass is 19.1. The minimum Gasteiger partial charge on any atom is -0.354 e. The summed E-state index contributed by atoms with van der Waals surface area (Å²) in [6, 6.07) is 9.30. The van der Waals surface area contributed by atoms with Gasteiger partial charge in [-0.25, -0.2) is 9.37 Å². The molecule has 0 radical (unpaired) electrons. The van der Waals surface area contributed by atoms with Crippen LogP contribution in [-0.4, -0.2) is 42.1 Å². The number of fused-ring (bicyclic) bond motifs is 1. The molecule has 0 aliphatic carbocycles. The number of anilines is 1. The lowest BCUT2D eigenvalue weighted by Crippen LogP contribution is -2.49. The molecule has 106 valence electrons. The summed E-state index contributed by atoms with van der Waals surface area (Å²) in [5.41, 5.74) is 0.857. The molecule has 1 aromatic carbocycles. The van der Waals surface area contributed by atoms with Crippen molar-refractivity contribution in [2.24, 2.45) is 0 Å². The predicted octanol–water partition coefficient (Wildman–Crippen LogP) is 2.90. The van der Waals surface area contributed by atoms with Crippen LogP contribution in [0.5, 0.6) is 0 Å². The first-order valence-electron chi connectivity index (χ1n) is 7.19. The highest BCUT2D eigenvalue weighted by molar-refractivity contribution is 5.80. The molecule has 0 N–H and O–H groups in total. The summed E-state index contributed by atoms with van der Waals surface area (Å²) in [4.78, 5) is 9.44. The molecule has 0 atom stereocenters. The monoisotopic (exact) mass is 273 g/mol. The van der Waals surface area contributed by atoms with Gasteiger partial charge in [-0.05, 0) is 44.2 Å². The van der Waals surface area contributed by atoms with Crippen molar-refractivity contribution in [1.82, 2.24) is 9.88 Å². The zero-order valence-electron chi connectivity index (χ0n) is 12.0. The molecule has 0 spiro atoms. The van der Waals surface area contributed by atoms with Crippen molar-refractivity contribution in [2.75, 3.05) is 31.1 Å². The minimum atomic E-state index is -0.211. The van der Waals surface area contributed by atoms with E-state index >= 15 is 0 Å². The zero-order valence-corrected chi connectivity index (χ0v) is 12.0. The molecule has 1 fully saturated rings. The molecule has 2 aromatic rings. The van der Waals surface area contributed by atoms with Crippen molar-refractivity contribution < 1.29 is 4.39 Å². The summed E-state index contributed by atoms with van der Waals surface area (Å²) in [7, 11) is 0. The molecule has 1 aliphatic rings. The molecule has 3 rings (SSSR count). The number of nitrogens with zero attached hydrogens (tertiary/aromatic N) is 3. The lowest BCUT2D eigenvalue weighted by atomic mass is 10.2. The minimum absolute atomic E-state index is 0.211. The van der Waals surface area contributed by atoms with E-state index in [9.17, 15) is 4.39 Å². The van der Waals surface area contributed by atoms with E-state index < -0.39 is 0 Å². The van der Waals surface area contributed by atoms with Crippen LogP contribution >= 0.6 is 0 Å². The topological polar surface area (TPSA) is 19.4 Å². The van der Waals surface area contributed by atoms with E-state index in [0.29, 0.717) is 6.04 Å². The Kier molecular flexibility index (Phi) is 3.57. The van der Waals surface area contributed by atoms with Gasteiger partial charge < -0.3 is 4.90 Å². The number of hydrogen-bond donors (Lipinski definition) is 0. The number of rotatable bonds is 2. The van der Waals surface area contributed by atoms with Crippen LogP contribution < -0.4 is 4.90 Å². The fourth-order valence-corrected chi connectivity index (χ4v) is 2.73. The van der Waals surface area contributed by atoms with Crippen LogP contribution in [0.4, 0.5) is 10.2 Å². The molecular weight excluding hydrogens is 253 g/mol. The first kappa shape index (κ1) is 13.3. The third-order valence-corrected chi connectivity index (χ3v) is 4.01. The van der Waals surface area contributed by atoms with E-state index in [-0.39, 0.29) is 5.82 Å². The van der Waals surface area contributed by atoms with Crippen molar-refractivity contribution in [2.45, 2.75) is 19.9 Å². The number of aromatic nitrogens is 1. The van der Waals surface area contributed by atoms with Crippen LogP contribution in [0.15, 0.2) is 30.3 Å². The highest BCUT2D eigenvalue weighted by Gasteiger charge is 2.19.